The average molecular weight is 272 g/mol. The second-order valence-electron chi connectivity index (χ2n) is 4.98. The Morgan fingerprint density at radius 3 is 2.50 bits per heavy atom. The summed E-state index contributed by atoms with van der Waals surface area (Å²) >= 11 is 0. The summed E-state index contributed by atoms with van der Waals surface area (Å²) in [5, 5.41) is 3.39. The van der Waals surface area contributed by atoms with Gasteiger partial charge in [-0.05, 0) is 29.8 Å². The number of hydrogen-bond donors (Lipinski definition) is 1. The number of hydrogen-bond acceptors (Lipinski definition) is 4. The Hall–Kier alpha value is -1.78. The van der Waals surface area contributed by atoms with Gasteiger partial charge in [-0.1, -0.05) is 12.1 Å². The third kappa shape index (κ3) is 2.71. The van der Waals surface area contributed by atoms with Gasteiger partial charge in [0.1, 0.15) is 11.5 Å². The van der Waals surface area contributed by atoms with Crippen LogP contribution in [0, 0.1) is 0 Å². The molecule has 1 N–H and O–H groups in total. The molecule has 1 atom stereocenters. The molecule has 0 saturated carbocycles. The molecule has 1 aliphatic rings. The SMILES string of the molecule is COc1ccc(C(c2ccco2)N2CCNCC2)cc1. The summed E-state index contributed by atoms with van der Waals surface area (Å²) < 4.78 is 10.9. The number of furan rings is 1. The lowest BCUT2D eigenvalue weighted by molar-refractivity contribution is 0.180. The van der Waals surface area contributed by atoms with E-state index >= 15 is 0 Å². The van der Waals surface area contributed by atoms with Gasteiger partial charge in [-0.15, -0.1) is 0 Å². The summed E-state index contributed by atoms with van der Waals surface area (Å²) in [6.45, 7) is 4.09. The first-order valence-electron chi connectivity index (χ1n) is 7.00. The zero-order chi connectivity index (χ0) is 13.8. The summed E-state index contributed by atoms with van der Waals surface area (Å²) in [6.07, 6.45) is 1.74. The molecule has 0 spiro atoms. The van der Waals surface area contributed by atoms with Crippen LogP contribution in [-0.2, 0) is 0 Å². The van der Waals surface area contributed by atoms with E-state index in [1.54, 1.807) is 13.4 Å². The van der Waals surface area contributed by atoms with E-state index in [1.165, 1.54) is 5.56 Å². The first kappa shape index (κ1) is 13.2. The normalized spacial score (nSPS) is 17.9. The van der Waals surface area contributed by atoms with E-state index in [0.29, 0.717) is 0 Å². The van der Waals surface area contributed by atoms with Crippen molar-refractivity contribution in [1.29, 1.82) is 0 Å². The van der Waals surface area contributed by atoms with Crippen LogP contribution in [0.4, 0.5) is 0 Å². The average Bonchev–Trinajstić information content (AvgIpc) is 3.03. The van der Waals surface area contributed by atoms with Gasteiger partial charge in [0, 0.05) is 26.2 Å². The third-order valence-electron chi connectivity index (χ3n) is 3.76. The van der Waals surface area contributed by atoms with Gasteiger partial charge < -0.3 is 14.5 Å². The Labute approximate surface area is 119 Å². The summed E-state index contributed by atoms with van der Waals surface area (Å²) in [4.78, 5) is 2.46. The van der Waals surface area contributed by atoms with Crippen molar-refractivity contribution in [2.45, 2.75) is 6.04 Å². The highest BCUT2D eigenvalue weighted by molar-refractivity contribution is 5.32. The number of piperazine rings is 1. The van der Waals surface area contributed by atoms with E-state index in [9.17, 15) is 0 Å². The van der Waals surface area contributed by atoms with E-state index in [1.807, 2.05) is 18.2 Å². The fourth-order valence-corrected chi connectivity index (χ4v) is 2.73. The van der Waals surface area contributed by atoms with Crippen molar-refractivity contribution in [1.82, 2.24) is 10.2 Å². The molecule has 106 valence electrons. The summed E-state index contributed by atoms with van der Waals surface area (Å²) in [5.41, 5.74) is 1.24. The molecule has 1 aliphatic heterocycles. The van der Waals surface area contributed by atoms with Crippen LogP contribution in [-0.4, -0.2) is 38.2 Å². The molecule has 20 heavy (non-hydrogen) atoms. The maximum atomic E-state index is 5.67. The number of nitrogens with one attached hydrogen (secondary N) is 1. The lowest BCUT2D eigenvalue weighted by atomic mass is 10.0. The van der Waals surface area contributed by atoms with Gasteiger partial charge in [-0.3, -0.25) is 4.90 Å². The number of methoxy groups -OCH3 is 1. The van der Waals surface area contributed by atoms with Crippen LogP contribution in [0.2, 0.25) is 0 Å². The lowest BCUT2D eigenvalue weighted by Gasteiger charge is -2.34. The van der Waals surface area contributed by atoms with Crippen LogP contribution in [0.1, 0.15) is 17.4 Å². The van der Waals surface area contributed by atoms with Crippen molar-refractivity contribution in [3.05, 3.63) is 54.0 Å². The van der Waals surface area contributed by atoms with Crippen LogP contribution < -0.4 is 10.1 Å². The topological polar surface area (TPSA) is 37.6 Å². The standard InChI is InChI=1S/C16H20N2O2/c1-19-14-6-4-13(5-7-14)16(15-3-2-12-20-15)18-10-8-17-9-11-18/h2-7,12,16-17H,8-11H2,1H3. The number of ether oxygens (including phenoxy) is 1. The Morgan fingerprint density at radius 1 is 1.15 bits per heavy atom. The van der Waals surface area contributed by atoms with E-state index in [4.69, 9.17) is 9.15 Å². The van der Waals surface area contributed by atoms with E-state index < -0.39 is 0 Å². The molecule has 1 unspecified atom stereocenters. The molecular formula is C16H20N2O2. The zero-order valence-electron chi connectivity index (χ0n) is 11.7. The van der Waals surface area contributed by atoms with Crippen LogP contribution >= 0.6 is 0 Å². The quantitative estimate of drug-likeness (QED) is 0.926. The van der Waals surface area contributed by atoms with Gasteiger partial charge in [-0.2, -0.15) is 0 Å². The smallest absolute Gasteiger partial charge is 0.125 e. The molecular weight excluding hydrogens is 252 g/mol. The van der Waals surface area contributed by atoms with Gasteiger partial charge >= 0.3 is 0 Å². The van der Waals surface area contributed by atoms with E-state index in [0.717, 1.165) is 37.7 Å². The highest BCUT2D eigenvalue weighted by Crippen LogP contribution is 2.30. The molecule has 0 radical (unpaired) electrons. The van der Waals surface area contributed by atoms with Gasteiger partial charge in [0.2, 0.25) is 0 Å². The zero-order valence-corrected chi connectivity index (χ0v) is 11.7. The lowest BCUT2D eigenvalue weighted by Crippen LogP contribution is -2.45. The summed E-state index contributed by atoms with van der Waals surface area (Å²) in [6, 6.07) is 12.4. The van der Waals surface area contributed by atoms with Gasteiger partial charge in [0.15, 0.2) is 0 Å². The first-order valence-corrected chi connectivity index (χ1v) is 7.00. The number of nitrogens with zero attached hydrogens (tertiary/aromatic N) is 1. The monoisotopic (exact) mass is 272 g/mol. The molecule has 0 bridgehead atoms. The Kier molecular flexibility index (Phi) is 4.04. The molecule has 4 nitrogen and oxygen atoms in total. The van der Waals surface area contributed by atoms with Crippen LogP contribution in [0.15, 0.2) is 47.1 Å². The summed E-state index contributed by atoms with van der Waals surface area (Å²) in [7, 11) is 1.69. The molecule has 1 aromatic heterocycles. The van der Waals surface area contributed by atoms with Gasteiger partial charge in [0.05, 0.1) is 19.4 Å². The van der Waals surface area contributed by atoms with Crippen molar-refractivity contribution >= 4 is 0 Å². The Balaban J connectivity index is 1.91. The molecule has 1 aromatic carbocycles. The van der Waals surface area contributed by atoms with Crippen molar-refractivity contribution in [2.24, 2.45) is 0 Å². The number of benzene rings is 1. The third-order valence-corrected chi connectivity index (χ3v) is 3.76. The molecule has 2 aromatic rings. The Bertz CT molecular complexity index is 516. The minimum absolute atomic E-state index is 0.179. The highest BCUT2D eigenvalue weighted by atomic mass is 16.5. The van der Waals surface area contributed by atoms with Crippen LogP contribution in [0.25, 0.3) is 0 Å². The fourth-order valence-electron chi connectivity index (χ4n) is 2.73. The molecule has 1 fully saturated rings. The predicted molar refractivity (Wildman–Crippen MR) is 78.0 cm³/mol. The van der Waals surface area contributed by atoms with Crippen molar-refractivity contribution in [3.8, 4) is 5.75 Å². The minimum atomic E-state index is 0.179. The molecule has 2 heterocycles. The summed E-state index contributed by atoms with van der Waals surface area (Å²) in [5.74, 6) is 1.88. The van der Waals surface area contributed by atoms with Crippen LogP contribution in [0.3, 0.4) is 0 Å². The van der Waals surface area contributed by atoms with Crippen LogP contribution in [0.5, 0.6) is 5.75 Å². The van der Waals surface area contributed by atoms with Crippen molar-refractivity contribution in [3.63, 3.8) is 0 Å². The second kappa shape index (κ2) is 6.11. The largest absolute Gasteiger partial charge is 0.497 e. The molecule has 1 saturated heterocycles. The van der Waals surface area contributed by atoms with Gasteiger partial charge in [0.25, 0.3) is 0 Å². The second-order valence-corrected chi connectivity index (χ2v) is 4.98. The van der Waals surface area contributed by atoms with Crippen molar-refractivity contribution < 1.29 is 9.15 Å². The Morgan fingerprint density at radius 2 is 1.90 bits per heavy atom. The molecule has 4 heteroatoms. The maximum absolute atomic E-state index is 5.67. The fraction of sp³-hybridized carbons (Fsp3) is 0.375. The molecule has 3 rings (SSSR count). The van der Waals surface area contributed by atoms with Crippen molar-refractivity contribution in [2.75, 3.05) is 33.3 Å². The molecule has 0 aliphatic carbocycles. The molecule has 0 amide bonds. The van der Waals surface area contributed by atoms with E-state index in [2.05, 4.69) is 28.4 Å². The predicted octanol–water partition coefficient (Wildman–Crippen LogP) is 2.28. The first-order chi connectivity index (χ1) is 9.88. The highest BCUT2D eigenvalue weighted by Gasteiger charge is 2.25. The van der Waals surface area contributed by atoms with E-state index in [-0.39, 0.29) is 6.04 Å². The van der Waals surface area contributed by atoms with Gasteiger partial charge in [-0.25, -0.2) is 0 Å². The minimum Gasteiger partial charge on any atom is -0.497 e. The maximum Gasteiger partial charge on any atom is 0.125 e. The number of rotatable bonds is 4.